The SMILES string of the molecule is COc1ccc2cc(-c3nn(-c4ccccc4)cc3C(=O)Nc3ccccc3OC)ccc2c1. The third kappa shape index (κ3) is 4.09. The Bertz CT molecular complexity index is 1480. The molecule has 0 saturated carbocycles. The van der Waals surface area contributed by atoms with Crippen LogP contribution in [-0.4, -0.2) is 29.9 Å². The largest absolute Gasteiger partial charge is 0.497 e. The van der Waals surface area contributed by atoms with Gasteiger partial charge in [-0.05, 0) is 53.2 Å². The summed E-state index contributed by atoms with van der Waals surface area (Å²) in [6.45, 7) is 0. The van der Waals surface area contributed by atoms with E-state index in [2.05, 4.69) is 5.32 Å². The normalized spacial score (nSPS) is 10.8. The van der Waals surface area contributed by atoms with E-state index < -0.39 is 0 Å². The number of carbonyl (C=O) groups excluding carboxylic acids is 1. The van der Waals surface area contributed by atoms with Crippen LogP contribution in [0.2, 0.25) is 0 Å². The average molecular weight is 450 g/mol. The van der Waals surface area contributed by atoms with Crippen molar-refractivity contribution in [3.63, 3.8) is 0 Å². The molecular formula is C28H23N3O3. The van der Waals surface area contributed by atoms with Crippen molar-refractivity contribution < 1.29 is 14.3 Å². The van der Waals surface area contributed by atoms with Crippen molar-refractivity contribution in [1.29, 1.82) is 0 Å². The minimum atomic E-state index is -0.267. The molecule has 34 heavy (non-hydrogen) atoms. The van der Waals surface area contributed by atoms with E-state index >= 15 is 0 Å². The van der Waals surface area contributed by atoms with E-state index in [9.17, 15) is 4.79 Å². The van der Waals surface area contributed by atoms with Crippen LogP contribution >= 0.6 is 0 Å². The van der Waals surface area contributed by atoms with Crippen LogP contribution in [0.3, 0.4) is 0 Å². The summed E-state index contributed by atoms with van der Waals surface area (Å²) >= 11 is 0. The monoisotopic (exact) mass is 449 g/mol. The van der Waals surface area contributed by atoms with Crippen LogP contribution in [0, 0.1) is 0 Å². The molecule has 0 spiro atoms. The standard InChI is InChI=1S/C28H23N3O3/c1-33-23-15-14-19-16-21(13-12-20(19)17-23)27-24(18-31(30-27)22-8-4-3-5-9-22)28(32)29-25-10-6-7-11-26(25)34-2/h3-18H,1-2H3,(H,29,32). The van der Waals surface area contributed by atoms with E-state index in [-0.39, 0.29) is 5.91 Å². The smallest absolute Gasteiger partial charge is 0.259 e. The summed E-state index contributed by atoms with van der Waals surface area (Å²) in [5.74, 6) is 1.12. The number of hydrogen-bond donors (Lipinski definition) is 1. The predicted octanol–water partition coefficient (Wildman–Crippen LogP) is 5.96. The molecule has 0 aliphatic carbocycles. The molecule has 0 saturated heterocycles. The molecule has 0 bridgehead atoms. The van der Waals surface area contributed by atoms with Gasteiger partial charge in [-0.15, -0.1) is 0 Å². The molecule has 5 rings (SSSR count). The first-order valence-electron chi connectivity index (χ1n) is 10.8. The molecule has 6 nitrogen and oxygen atoms in total. The van der Waals surface area contributed by atoms with Crippen LogP contribution in [0.1, 0.15) is 10.4 Å². The van der Waals surface area contributed by atoms with Crippen LogP contribution in [-0.2, 0) is 0 Å². The second kappa shape index (κ2) is 9.11. The Hall–Kier alpha value is -4.58. The first-order valence-corrected chi connectivity index (χ1v) is 10.8. The Labute approximate surface area is 197 Å². The summed E-state index contributed by atoms with van der Waals surface area (Å²) in [7, 11) is 3.23. The van der Waals surface area contributed by atoms with Crippen LogP contribution in [0.25, 0.3) is 27.7 Å². The number of rotatable bonds is 6. The molecular weight excluding hydrogens is 426 g/mol. The number of nitrogens with one attached hydrogen (secondary N) is 1. The second-order valence-corrected chi connectivity index (χ2v) is 7.75. The molecule has 5 aromatic rings. The van der Waals surface area contributed by atoms with E-state index in [1.54, 1.807) is 31.2 Å². The van der Waals surface area contributed by atoms with E-state index in [1.165, 1.54) is 0 Å². The van der Waals surface area contributed by atoms with Crippen molar-refractivity contribution in [2.75, 3.05) is 19.5 Å². The molecule has 1 heterocycles. The van der Waals surface area contributed by atoms with Crippen molar-refractivity contribution >= 4 is 22.4 Å². The summed E-state index contributed by atoms with van der Waals surface area (Å²) in [5.41, 5.74) is 3.36. The molecule has 0 radical (unpaired) electrons. The average Bonchev–Trinajstić information content (AvgIpc) is 3.35. The number of ether oxygens (including phenoxy) is 2. The lowest BCUT2D eigenvalue weighted by molar-refractivity contribution is 0.102. The minimum absolute atomic E-state index is 0.267. The molecule has 0 atom stereocenters. The molecule has 0 fully saturated rings. The quantitative estimate of drug-likeness (QED) is 0.347. The fraction of sp³-hybridized carbons (Fsp3) is 0.0714. The van der Waals surface area contributed by atoms with Gasteiger partial charge < -0.3 is 14.8 Å². The van der Waals surface area contributed by atoms with Gasteiger partial charge in [0, 0.05) is 11.8 Å². The number of benzene rings is 4. The summed E-state index contributed by atoms with van der Waals surface area (Å²) in [4.78, 5) is 13.4. The lowest BCUT2D eigenvalue weighted by Crippen LogP contribution is -2.13. The van der Waals surface area contributed by atoms with Crippen LogP contribution in [0.15, 0.2) is 97.2 Å². The second-order valence-electron chi connectivity index (χ2n) is 7.75. The molecule has 168 valence electrons. The van der Waals surface area contributed by atoms with Crippen LogP contribution < -0.4 is 14.8 Å². The fourth-order valence-electron chi connectivity index (χ4n) is 3.90. The van der Waals surface area contributed by atoms with Crippen molar-refractivity contribution in [2.24, 2.45) is 0 Å². The number of fused-ring (bicyclic) bond motifs is 1. The summed E-state index contributed by atoms with van der Waals surface area (Å²) in [6, 6.07) is 29.0. The number of para-hydroxylation sites is 3. The van der Waals surface area contributed by atoms with Gasteiger partial charge in [0.25, 0.3) is 5.91 Å². The highest BCUT2D eigenvalue weighted by atomic mass is 16.5. The Morgan fingerprint density at radius 2 is 1.56 bits per heavy atom. The maximum Gasteiger partial charge on any atom is 0.259 e. The lowest BCUT2D eigenvalue weighted by Gasteiger charge is -2.10. The van der Waals surface area contributed by atoms with Gasteiger partial charge in [-0.1, -0.05) is 48.5 Å². The number of anilines is 1. The molecule has 4 aromatic carbocycles. The number of aromatic nitrogens is 2. The van der Waals surface area contributed by atoms with Crippen molar-refractivity contribution in [3.05, 3.63) is 103 Å². The van der Waals surface area contributed by atoms with Gasteiger partial charge in [-0.25, -0.2) is 4.68 Å². The summed E-state index contributed by atoms with van der Waals surface area (Å²) < 4.78 is 12.5. The van der Waals surface area contributed by atoms with E-state index in [4.69, 9.17) is 14.6 Å². The fourth-order valence-corrected chi connectivity index (χ4v) is 3.90. The predicted molar refractivity (Wildman–Crippen MR) is 134 cm³/mol. The molecule has 1 N–H and O–H groups in total. The van der Waals surface area contributed by atoms with Gasteiger partial charge in [0.15, 0.2) is 0 Å². The number of carbonyl (C=O) groups is 1. The third-order valence-corrected chi connectivity index (χ3v) is 5.66. The van der Waals surface area contributed by atoms with Gasteiger partial charge in [0.05, 0.1) is 31.2 Å². The zero-order valence-corrected chi connectivity index (χ0v) is 18.9. The first kappa shape index (κ1) is 21.3. The van der Waals surface area contributed by atoms with Gasteiger partial charge in [0.1, 0.15) is 17.2 Å². The highest BCUT2D eigenvalue weighted by molar-refractivity contribution is 6.09. The Kier molecular flexibility index (Phi) is 5.70. The maximum atomic E-state index is 13.4. The third-order valence-electron chi connectivity index (χ3n) is 5.66. The first-order chi connectivity index (χ1) is 16.7. The summed E-state index contributed by atoms with van der Waals surface area (Å²) in [5, 5.41) is 9.85. The van der Waals surface area contributed by atoms with E-state index in [0.717, 1.165) is 27.8 Å². The number of methoxy groups -OCH3 is 2. The topological polar surface area (TPSA) is 65.4 Å². The zero-order chi connectivity index (χ0) is 23.5. The van der Waals surface area contributed by atoms with Gasteiger partial charge >= 0.3 is 0 Å². The Morgan fingerprint density at radius 3 is 2.35 bits per heavy atom. The molecule has 1 amide bonds. The molecule has 0 aliphatic heterocycles. The molecule has 0 unspecified atom stereocenters. The van der Waals surface area contributed by atoms with Gasteiger partial charge in [-0.3, -0.25) is 4.79 Å². The van der Waals surface area contributed by atoms with E-state index in [1.807, 2.05) is 84.9 Å². The van der Waals surface area contributed by atoms with Crippen LogP contribution in [0.5, 0.6) is 11.5 Å². The number of amides is 1. The van der Waals surface area contributed by atoms with Crippen molar-refractivity contribution in [2.45, 2.75) is 0 Å². The van der Waals surface area contributed by atoms with Crippen molar-refractivity contribution in [1.82, 2.24) is 9.78 Å². The van der Waals surface area contributed by atoms with Gasteiger partial charge in [0.2, 0.25) is 0 Å². The van der Waals surface area contributed by atoms with E-state index in [0.29, 0.717) is 22.7 Å². The Morgan fingerprint density at radius 1 is 0.824 bits per heavy atom. The highest BCUT2D eigenvalue weighted by Gasteiger charge is 2.20. The molecule has 1 aromatic heterocycles. The zero-order valence-electron chi connectivity index (χ0n) is 18.9. The highest BCUT2D eigenvalue weighted by Crippen LogP contribution is 2.30. The number of hydrogen-bond acceptors (Lipinski definition) is 4. The lowest BCUT2D eigenvalue weighted by atomic mass is 10.0. The van der Waals surface area contributed by atoms with Crippen molar-refractivity contribution in [3.8, 4) is 28.4 Å². The molecule has 0 aliphatic rings. The summed E-state index contributed by atoms with van der Waals surface area (Å²) in [6.07, 6.45) is 1.76. The Balaban J connectivity index is 1.60. The van der Waals surface area contributed by atoms with Crippen LogP contribution in [0.4, 0.5) is 5.69 Å². The molecule has 6 heteroatoms. The minimum Gasteiger partial charge on any atom is -0.497 e. The van der Waals surface area contributed by atoms with Gasteiger partial charge in [-0.2, -0.15) is 5.10 Å². The number of nitrogens with zero attached hydrogens (tertiary/aromatic N) is 2. The maximum absolute atomic E-state index is 13.4.